The Morgan fingerprint density at radius 2 is 1.72 bits per heavy atom. The van der Waals surface area contributed by atoms with E-state index in [0.29, 0.717) is 5.41 Å². The van der Waals surface area contributed by atoms with Crippen molar-refractivity contribution in [1.29, 1.82) is 0 Å². The predicted octanol–water partition coefficient (Wildman–Crippen LogP) is 3.22. The second-order valence-electron chi connectivity index (χ2n) is 7.42. The number of rotatable bonds is 2. The highest BCUT2D eigenvalue weighted by Gasteiger charge is 2.53. The summed E-state index contributed by atoms with van der Waals surface area (Å²) in [4.78, 5) is 0. The van der Waals surface area contributed by atoms with Gasteiger partial charge in [-0.05, 0) is 80.1 Å². The van der Waals surface area contributed by atoms with Crippen molar-refractivity contribution in [2.24, 2.45) is 28.9 Å². The zero-order chi connectivity index (χ0) is 12.2. The van der Waals surface area contributed by atoms with E-state index in [0.717, 1.165) is 30.8 Å². The molecule has 1 unspecified atom stereocenters. The molecule has 0 radical (unpaired) electrons. The molecule has 4 saturated carbocycles. The van der Waals surface area contributed by atoms with Gasteiger partial charge in [-0.15, -0.1) is 0 Å². The Morgan fingerprint density at radius 3 is 2.22 bits per heavy atom. The number of hydrogen-bond acceptors (Lipinski definition) is 2. The van der Waals surface area contributed by atoms with Crippen molar-refractivity contribution < 1.29 is 4.74 Å². The lowest BCUT2D eigenvalue weighted by atomic mass is 9.47. The first-order valence-corrected chi connectivity index (χ1v) is 7.81. The second-order valence-corrected chi connectivity index (χ2v) is 7.42. The molecule has 0 aromatic heterocycles. The minimum Gasteiger partial charge on any atom is -0.501 e. The standard InChI is InChI=1S/C16H25NO/c17-15(14-2-1-3-18-10-14)16-7-11-4-12(8-16)6-13(5-11)9-16/h10-13,15H,1-9,17H2. The first-order valence-electron chi connectivity index (χ1n) is 7.81. The molecule has 1 atom stereocenters. The zero-order valence-electron chi connectivity index (χ0n) is 11.2. The number of hydrogen-bond donors (Lipinski definition) is 1. The van der Waals surface area contributed by atoms with Crippen molar-refractivity contribution in [3.8, 4) is 0 Å². The van der Waals surface area contributed by atoms with Crippen LogP contribution in [0.4, 0.5) is 0 Å². The number of ether oxygens (including phenoxy) is 1. The van der Waals surface area contributed by atoms with Crippen molar-refractivity contribution in [3.63, 3.8) is 0 Å². The molecule has 0 aromatic carbocycles. The lowest BCUT2D eigenvalue weighted by molar-refractivity contribution is -0.0621. The van der Waals surface area contributed by atoms with E-state index in [1.807, 2.05) is 6.26 Å². The largest absolute Gasteiger partial charge is 0.501 e. The van der Waals surface area contributed by atoms with Gasteiger partial charge in [0.05, 0.1) is 12.9 Å². The molecule has 18 heavy (non-hydrogen) atoms. The molecule has 0 spiro atoms. The van der Waals surface area contributed by atoms with Crippen LogP contribution in [0.5, 0.6) is 0 Å². The minimum atomic E-state index is 0.284. The van der Waals surface area contributed by atoms with Crippen LogP contribution in [-0.2, 0) is 4.74 Å². The third kappa shape index (κ3) is 1.65. The molecule has 5 rings (SSSR count). The quantitative estimate of drug-likeness (QED) is 0.813. The van der Waals surface area contributed by atoms with E-state index in [4.69, 9.17) is 10.5 Å². The summed E-state index contributed by atoms with van der Waals surface area (Å²) in [5.41, 5.74) is 8.55. The Balaban J connectivity index is 1.61. The molecule has 2 N–H and O–H groups in total. The molecule has 0 amide bonds. The minimum absolute atomic E-state index is 0.284. The summed E-state index contributed by atoms with van der Waals surface area (Å²) in [6.45, 7) is 0.886. The fraction of sp³-hybridized carbons (Fsp3) is 0.875. The lowest BCUT2D eigenvalue weighted by Crippen LogP contribution is -2.55. The molecule has 4 bridgehead atoms. The van der Waals surface area contributed by atoms with Gasteiger partial charge in [0.2, 0.25) is 0 Å². The van der Waals surface area contributed by atoms with Crippen LogP contribution in [-0.4, -0.2) is 12.6 Å². The molecule has 2 nitrogen and oxygen atoms in total. The normalized spacial score (nSPS) is 47.6. The van der Waals surface area contributed by atoms with Gasteiger partial charge in [0, 0.05) is 6.04 Å². The summed E-state index contributed by atoms with van der Waals surface area (Å²) in [6.07, 6.45) is 13.0. The van der Waals surface area contributed by atoms with Gasteiger partial charge in [0.1, 0.15) is 0 Å². The average Bonchev–Trinajstić information content (AvgIpc) is 2.37. The van der Waals surface area contributed by atoms with Gasteiger partial charge in [-0.1, -0.05) is 0 Å². The maximum Gasteiger partial charge on any atom is 0.0876 e. The highest BCUT2D eigenvalue weighted by atomic mass is 16.5. The Labute approximate surface area is 110 Å². The van der Waals surface area contributed by atoms with E-state index in [2.05, 4.69) is 0 Å². The van der Waals surface area contributed by atoms with E-state index in [-0.39, 0.29) is 6.04 Å². The molecular weight excluding hydrogens is 222 g/mol. The fourth-order valence-corrected chi connectivity index (χ4v) is 5.77. The molecule has 100 valence electrons. The van der Waals surface area contributed by atoms with Crippen molar-refractivity contribution in [2.75, 3.05) is 6.61 Å². The van der Waals surface area contributed by atoms with Crippen LogP contribution in [0, 0.1) is 23.2 Å². The molecule has 4 aliphatic carbocycles. The van der Waals surface area contributed by atoms with Gasteiger partial charge in [-0.25, -0.2) is 0 Å². The zero-order valence-corrected chi connectivity index (χ0v) is 11.2. The van der Waals surface area contributed by atoms with Crippen LogP contribution in [0.3, 0.4) is 0 Å². The smallest absolute Gasteiger partial charge is 0.0876 e. The van der Waals surface area contributed by atoms with Gasteiger partial charge in [0.25, 0.3) is 0 Å². The third-order valence-corrected chi connectivity index (χ3v) is 6.11. The highest BCUT2D eigenvalue weighted by molar-refractivity contribution is 5.18. The summed E-state index contributed by atoms with van der Waals surface area (Å²) >= 11 is 0. The van der Waals surface area contributed by atoms with Crippen LogP contribution in [0.2, 0.25) is 0 Å². The van der Waals surface area contributed by atoms with E-state index in [1.54, 1.807) is 0 Å². The molecule has 2 heteroatoms. The van der Waals surface area contributed by atoms with Crippen molar-refractivity contribution >= 4 is 0 Å². The average molecular weight is 247 g/mol. The molecular formula is C16H25NO. The summed E-state index contributed by atoms with van der Waals surface area (Å²) in [6, 6.07) is 0.284. The van der Waals surface area contributed by atoms with Crippen LogP contribution >= 0.6 is 0 Å². The van der Waals surface area contributed by atoms with Gasteiger partial charge in [0.15, 0.2) is 0 Å². The summed E-state index contributed by atoms with van der Waals surface area (Å²) in [5.74, 6) is 2.98. The Hall–Kier alpha value is -0.500. The van der Waals surface area contributed by atoms with Gasteiger partial charge in [-0.2, -0.15) is 0 Å². The van der Waals surface area contributed by atoms with Crippen molar-refractivity contribution in [2.45, 2.75) is 57.4 Å². The lowest BCUT2D eigenvalue weighted by Gasteiger charge is -2.59. The Bertz CT molecular complexity index is 338. The van der Waals surface area contributed by atoms with Crippen LogP contribution < -0.4 is 5.73 Å². The van der Waals surface area contributed by atoms with Crippen molar-refractivity contribution in [1.82, 2.24) is 0 Å². The van der Waals surface area contributed by atoms with Crippen LogP contribution in [0.25, 0.3) is 0 Å². The predicted molar refractivity (Wildman–Crippen MR) is 71.8 cm³/mol. The summed E-state index contributed by atoms with van der Waals surface area (Å²) in [5, 5.41) is 0. The van der Waals surface area contributed by atoms with E-state index < -0.39 is 0 Å². The van der Waals surface area contributed by atoms with Crippen LogP contribution in [0.1, 0.15) is 51.4 Å². The first kappa shape index (κ1) is 11.3. The maximum absolute atomic E-state index is 6.70. The summed E-state index contributed by atoms with van der Waals surface area (Å²) < 4.78 is 5.52. The molecule has 0 saturated heterocycles. The molecule has 0 aromatic rings. The van der Waals surface area contributed by atoms with E-state index >= 15 is 0 Å². The van der Waals surface area contributed by atoms with Gasteiger partial charge < -0.3 is 10.5 Å². The third-order valence-electron chi connectivity index (χ3n) is 6.11. The molecule has 1 heterocycles. The Morgan fingerprint density at radius 1 is 1.11 bits per heavy atom. The second kappa shape index (κ2) is 4.00. The Kier molecular flexibility index (Phi) is 2.52. The topological polar surface area (TPSA) is 35.2 Å². The van der Waals surface area contributed by atoms with Gasteiger partial charge >= 0.3 is 0 Å². The molecule has 4 fully saturated rings. The summed E-state index contributed by atoms with van der Waals surface area (Å²) in [7, 11) is 0. The van der Waals surface area contributed by atoms with E-state index in [1.165, 1.54) is 50.5 Å². The fourth-order valence-electron chi connectivity index (χ4n) is 5.77. The van der Waals surface area contributed by atoms with Crippen molar-refractivity contribution in [3.05, 3.63) is 11.8 Å². The monoisotopic (exact) mass is 247 g/mol. The van der Waals surface area contributed by atoms with Gasteiger partial charge in [-0.3, -0.25) is 0 Å². The maximum atomic E-state index is 6.70. The highest BCUT2D eigenvalue weighted by Crippen LogP contribution is 2.61. The van der Waals surface area contributed by atoms with E-state index in [9.17, 15) is 0 Å². The SMILES string of the molecule is NC(C1=COCCC1)C12CC3CC(CC(C3)C1)C2. The molecule has 1 aliphatic heterocycles. The molecule has 5 aliphatic rings. The first-order chi connectivity index (χ1) is 8.75. The van der Waals surface area contributed by atoms with Crippen LogP contribution in [0.15, 0.2) is 11.8 Å². The number of nitrogens with two attached hydrogens (primary N) is 1.